The van der Waals surface area contributed by atoms with Crippen LogP contribution in [0.1, 0.15) is 5.56 Å². The zero-order chi connectivity index (χ0) is 14.0. The van der Waals surface area contributed by atoms with Crippen LogP contribution in [-0.2, 0) is 0 Å². The molecule has 0 bridgehead atoms. The molecule has 0 aliphatic carbocycles. The van der Waals surface area contributed by atoms with Crippen molar-refractivity contribution in [2.45, 2.75) is 5.03 Å². The topological polar surface area (TPSA) is 61.0 Å². The number of ether oxygens (including phenoxy) is 1. The maximum absolute atomic E-state index is 5.69. The van der Waals surface area contributed by atoms with Crippen molar-refractivity contribution < 1.29 is 4.74 Å². The lowest BCUT2D eigenvalue weighted by Crippen LogP contribution is -2.00. The van der Waals surface area contributed by atoms with Gasteiger partial charge in [0.05, 0.1) is 18.2 Å². The van der Waals surface area contributed by atoms with Gasteiger partial charge in [-0.25, -0.2) is 9.97 Å². The van der Waals surface area contributed by atoms with Gasteiger partial charge in [0.15, 0.2) is 0 Å². The predicted octanol–water partition coefficient (Wildman–Crippen LogP) is 1.96. The Labute approximate surface area is 122 Å². The van der Waals surface area contributed by atoms with Crippen LogP contribution in [0.25, 0.3) is 0 Å². The van der Waals surface area contributed by atoms with Crippen LogP contribution in [0.5, 0.6) is 5.75 Å². The van der Waals surface area contributed by atoms with Crippen LogP contribution >= 0.6 is 11.8 Å². The van der Waals surface area contributed by atoms with Crippen molar-refractivity contribution in [3.8, 4) is 17.6 Å². The molecule has 0 unspecified atom stereocenters. The molecule has 0 amide bonds. The van der Waals surface area contributed by atoms with Gasteiger partial charge in [-0.15, -0.1) is 11.8 Å². The molecule has 0 aliphatic rings. The molecule has 1 heterocycles. The minimum atomic E-state index is 0.362. The molecule has 0 saturated heterocycles. The number of nitrogens with zero attached hydrogens (tertiary/aromatic N) is 2. The van der Waals surface area contributed by atoms with Gasteiger partial charge in [-0.2, -0.15) is 0 Å². The highest BCUT2D eigenvalue weighted by Crippen LogP contribution is 2.15. The van der Waals surface area contributed by atoms with Crippen LogP contribution < -0.4 is 10.5 Å². The molecule has 2 rings (SSSR count). The maximum atomic E-state index is 5.69. The van der Waals surface area contributed by atoms with Crippen molar-refractivity contribution in [1.82, 2.24) is 9.97 Å². The fourth-order valence-corrected chi connectivity index (χ4v) is 2.14. The SMILES string of the molecule is NCC#Cc1cccc(OCCSc2ccncn2)c1. The van der Waals surface area contributed by atoms with E-state index in [1.165, 1.54) is 0 Å². The molecule has 0 spiro atoms. The first kappa shape index (κ1) is 14.4. The summed E-state index contributed by atoms with van der Waals surface area (Å²) in [6, 6.07) is 9.58. The van der Waals surface area contributed by atoms with Gasteiger partial charge in [0.25, 0.3) is 0 Å². The van der Waals surface area contributed by atoms with E-state index in [4.69, 9.17) is 10.5 Å². The molecule has 1 aromatic carbocycles. The highest BCUT2D eigenvalue weighted by Gasteiger charge is 1.97. The van der Waals surface area contributed by atoms with Gasteiger partial charge in [0.1, 0.15) is 12.1 Å². The summed E-state index contributed by atoms with van der Waals surface area (Å²) >= 11 is 1.64. The van der Waals surface area contributed by atoms with Gasteiger partial charge in [-0.3, -0.25) is 0 Å². The third-order valence-corrected chi connectivity index (χ3v) is 3.23. The summed E-state index contributed by atoms with van der Waals surface area (Å²) in [7, 11) is 0. The molecular formula is C15H15N3OS. The minimum absolute atomic E-state index is 0.362. The number of hydrogen-bond donors (Lipinski definition) is 1. The summed E-state index contributed by atoms with van der Waals surface area (Å²) in [5.41, 5.74) is 6.26. The van der Waals surface area contributed by atoms with Crippen molar-refractivity contribution in [3.05, 3.63) is 48.4 Å². The number of benzene rings is 1. The lowest BCUT2D eigenvalue weighted by Gasteiger charge is -2.06. The lowest BCUT2D eigenvalue weighted by atomic mass is 10.2. The molecule has 2 N–H and O–H groups in total. The zero-order valence-electron chi connectivity index (χ0n) is 11.0. The first-order valence-electron chi connectivity index (χ1n) is 6.19. The van der Waals surface area contributed by atoms with Crippen molar-refractivity contribution >= 4 is 11.8 Å². The number of thioether (sulfide) groups is 1. The van der Waals surface area contributed by atoms with E-state index >= 15 is 0 Å². The maximum Gasteiger partial charge on any atom is 0.120 e. The average Bonchev–Trinajstić information content (AvgIpc) is 2.51. The van der Waals surface area contributed by atoms with Crippen LogP contribution in [0, 0.1) is 11.8 Å². The van der Waals surface area contributed by atoms with E-state index in [9.17, 15) is 0 Å². The van der Waals surface area contributed by atoms with E-state index in [0.29, 0.717) is 13.2 Å². The van der Waals surface area contributed by atoms with Crippen molar-refractivity contribution in [2.24, 2.45) is 5.73 Å². The summed E-state index contributed by atoms with van der Waals surface area (Å²) in [5, 5.41) is 0.950. The van der Waals surface area contributed by atoms with Gasteiger partial charge in [0, 0.05) is 17.5 Å². The molecule has 2 aromatic rings. The Bertz CT molecular complexity index is 593. The largest absolute Gasteiger partial charge is 0.493 e. The quantitative estimate of drug-likeness (QED) is 0.394. The average molecular weight is 285 g/mol. The lowest BCUT2D eigenvalue weighted by molar-refractivity contribution is 0.344. The molecule has 1 aromatic heterocycles. The van der Waals surface area contributed by atoms with Gasteiger partial charge in [-0.1, -0.05) is 17.9 Å². The van der Waals surface area contributed by atoms with Gasteiger partial charge in [0.2, 0.25) is 0 Å². The first-order chi connectivity index (χ1) is 9.88. The summed E-state index contributed by atoms with van der Waals surface area (Å²) in [6.07, 6.45) is 3.28. The highest BCUT2D eigenvalue weighted by molar-refractivity contribution is 7.99. The number of hydrogen-bond acceptors (Lipinski definition) is 5. The van der Waals surface area contributed by atoms with Crippen LogP contribution in [0.2, 0.25) is 0 Å². The van der Waals surface area contributed by atoms with Crippen molar-refractivity contribution in [3.63, 3.8) is 0 Å². The second kappa shape index (κ2) is 8.20. The zero-order valence-corrected chi connectivity index (χ0v) is 11.8. The molecule has 0 radical (unpaired) electrons. The number of aromatic nitrogens is 2. The summed E-state index contributed by atoms with van der Waals surface area (Å²) < 4.78 is 5.69. The Morgan fingerprint density at radius 2 is 2.25 bits per heavy atom. The molecule has 102 valence electrons. The Morgan fingerprint density at radius 1 is 1.30 bits per heavy atom. The van der Waals surface area contributed by atoms with Gasteiger partial charge < -0.3 is 10.5 Å². The third kappa shape index (κ3) is 4.92. The molecule has 0 atom stereocenters. The molecule has 0 saturated carbocycles. The molecule has 4 nitrogen and oxygen atoms in total. The van der Waals surface area contributed by atoms with Crippen LogP contribution in [0.4, 0.5) is 0 Å². The molecular weight excluding hydrogens is 270 g/mol. The molecule has 0 aliphatic heterocycles. The smallest absolute Gasteiger partial charge is 0.120 e. The van der Waals surface area contributed by atoms with E-state index in [1.54, 1.807) is 24.3 Å². The molecule has 5 heteroatoms. The van der Waals surface area contributed by atoms with E-state index in [1.807, 2.05) is 30.3 Å². The first-order valence-corrected chi connectivity index (χ1v) is 7.17. The van der Waals surface area contributed by atoms with E-state index in [2.05, 4.69) is 21.8 Å². The van der Waals surface area contributed by atoms with Crippen LogP contribution in [-0.4, -0.2) is 28.9 Å². The Kier molecular flexibility index (Phi) is 5.90. The Hall–Kier alpha value is -2.03. The number of nitrogens with two attached hydrogens (primary N) is 1. The fraction of sp³-hybridized carbons (Fsp3) is 0.200. The Balaban J connectivity index is 1.79. The highest BCUT2D eigenvalue weighted by atomic mass is 32.2. The standard InChI is InChI=1S/C15H15N3OS/c16-7-2-4-13-3-1-5-14(11-13)19-9-10-20-15-6-8-17-12-18-15/h1,3,5-6,8,11-12H,7,9-10,16H2. The summed E-state index contributed by atoms with van der Waals surface area (Å²) in [6.45, 7) is 0.975. The Morgan fingerprint density at radius 3 is 3.05 bits per heavy atom. The van der Waals surface area contributed by atoms with Crippen molar-refractivity contribution in [2.75, 3.05) is 18.9 Å². The normalized spacial score (nSPS) is 9.65. The van der Waals surface area contributed by atoms with Crippen LogP contribution in [0.3, 0.4) is 0 Å². The van der Waals surface area contributed by atoms with Crippen molar-refractivity contribution in [1.29, 1.82) is 0 Å². The minimum Gasteiger partial charge on any atom is -0.493 e. The summed E-state index contributed by atoms with van der Waals surface area (Å²) in [4.78, 5) is 8.02. The van der Waals surface area contributed by atoms with Gasteiger partial charge >= 0.3 is 0 Å². The third-order valence-electron chi connectivity index (χ3n) is 2.33. The summed E-state index contributed by atoms with van der Waals surface area (Å²) in [5.74, 6) is 7.45. The molecule has 0 fully saturated rings. The van der Waals surface area contributed by atoms with E-state index < -0.39 is 0 Å². The second-order valence-corrected chi connectivity index (χ2v) is 4.89. The fourth-order valence-electron chi connectivity index (χ4n) is 1.49. The number of rotatable bonds is 5. The van der Waals surface area contributed by atoms with E-state index in [0.717, 1.165) is 22.1 Å². The predicted molar refractivity (Wildman–Crippen MR) is 80.6 cm³/mol. The van der Waals surface area contributed by atoms with E-state index in [-0.39, 0.29) is 0 Å². The monoisotopic (exact) mass is 285 g/mol. The van der Waals surface area contributed by atoms with Gasteiger partial charge in [-0.05, 0) is 24.3 Å². The second-order valence-electron chi connectivity index (χ2n) is 3.78. The van der Waals surface area contributed by atoms with Crippen LogP contribution in [0.15, 0.2) is 47.9 Å². The molecule has 20 heavy (non-hydrogen) atoms.